The lowest BCUT2D eigenvalue weighted by Crippen LogP contribution is -1.99. The van der Waals surface area contributed by atoms with Crippen LogP contribution in [0.5, 0.6) is 5.75 Å². The number of ether oxygens (including phenoxy) is 1. The monoisotopic (exact) mass is 264 g/mol. The molecule has 3 N–H and O–H groups in total. The third-order valence-corrected chi connectivity index (χ3v) is 2.79. The fourth-order valence-corrected chi connectivity index (χ4v) is 1.78. The molecule has 0 aliphatic carbocycles. The first kappa shape index (κ1) is 13.6. The summed E-state index contributed by atoms with van der Waals surface area (Å²) < 4.78 is 5.78. The van der Waals surface area contributed by atoms with Crippen molar-refractivity contribution in [1.29, 1.82) is 5.41 Å². The first-order valence-corrected chi connectivity index (χ1v) is 6.20. The smallest absolute Gasteiger partial charge is 0.136 e. The van der Waals surface area contributed by atoms with Gasteiger partial charge in [0.1, 0.15) is 11.5 Å². The molecule has 0 amide bonds. The quantitative estimate of drug-likeness (QED) is 0.372. The normalized spacial score (nSPS) is 11.4. The Labute approximate surface area is 118 Å². The molecule has 0 saturated carbocycles. The van der Waals surface area contributed by atoms with Gasteiger partial charge in [-0.15, -0.1) is 0 Å². The zero-order valence-electron chi connectivity index (χ0n) is 11.0. The van der Waals surface area contributed by atoms with Crippen LogP contribution in [0.3, 0.4) is 0 Å². The molecule has 0 heterocycles. The van der Waals surface area contributed by atoms with E-state index in [1.807, 2.05) is 30.3 Å². The Bertz CT molecular complexity index is 628. The fraction of sp³-hybridized carbons (Fsp3) is 0. The van der Waals surface area contributed by atoms with Gasteiger partial charge in [-0.3, -0.25) is 0 Å². The number of hydrogen-bond acceptors (Lipinski definition) is 3. The molecule has 100 valence electrons. The number of nitrogen functional groups attached to an aromatic ring is 1. The average Bonchev–Trinajstić information content (AvgIpc) is 2.50. The van der Waals surface area contributed by atoms with Gasteiger partial charge in [0.15, 0.2) is 0 Å². The van der Waals surface area contributed by atoms with E-state index in [1.165, 1.54) is 6.21 Å². The molecule has 0 fully saturated rings. The maximum Gasteiger partial charge on any atom is 0.136 e. The molecule has 20 heavy (non-hydrogen) atoms. The molecule has 0 saturated heterocycles. The molecule has 2 aromatic rings. The Morgan fingerprint density at radius 2 is 1.70 bits per heavy atom. The van der Waals surface area contributed by atoms with Crippen molar-refractivity contribution in [3.8, 4) is 5.75 Å². The third kappa shape index (κ3) is 3.14. The summed E-state index contributed by atoms with van der Waals surface area (Å²) in [5.41, 5.74) is 7.91. The van der Waals surface area contributed by atoms with Gasteiger partial charge in [0, 0.05) is 17.5 Å². The summed E-state index contributed by atoms with van der Waals surface area (Å²) in [5, 5.41) is 7.60. The van der Waals surface area contributed by atoms with E-state index >= 15 is 0 Å². The van der Waals surface area contributed by atoms with Crippen LogP contribution >= 0.6 is 0 Å². The molecule has 3 heteroatoms. The predicted octanol–water partition coefficient (Wildman–Crippen LogP) is 3.89. The molecule has 0 aliphatic rings. The number of anilines is 1. The van der Waals surface area contributed by atoms with Crippen molar-refractivity contribution in [2.24, 2.45) is 0 Å². The van der Waals surface area contributed by atoms with Gasteiger partial charge in [0.05, 0.1) is 0 Å². The van der Waals surface area contributed by atoms with E-state index in [1.54, 1.807) is 30.3 Å². The van der Waals surface area contributed by atoms with Gasteiger partial charge >= 0.3 is 0 Å². The van der Waals surface area contributed by atoms with Crippen molar-refractivity contribution in [3.63, 3.8) is 0 Å². The van der Waals surface area contributed by atoms with Crippen molar-refractivity contribution in [2.45, 2.75) is 0 Å². The summed E-state index contributed by atoms with van der Waals surface area (Å²) in [6.45, 7) is 3.76. The molecule has 0 aliphatic heterocycles. The largest absolute Gasteiger partial charge is 0.457 e. The van der Waals surface area contributed by atoms with Crippen LogP contribution in [-0.4, -0.2) is 6.21 Å². The lowest BCUT2D eigenvalue weighted by atomic mass is 10.1. The summed E-state index contributed by atoms with van der Waals surface area (Å²) in [7, 11) is 0. The number of allylic oxidation sites excluding steroid dienone is 2. The number of hydrogen-bond donors (Lipinski definition) is 2. The Morgan fingerprint density at radius 1 is 1.05 bits per heavy atom. The maximum absolute atomic E-state index is 7.60. The minimum Gasteiger partial charge on any atom is -0.457 e. The molecule has 0 atom stereocenters. The van der Waals surface area contributed by atoms with E-state index in [4.69, 9.17) is 15.9 Å². The summed E-state index contributed by atoms with van der Waals surface area (Å²) in [4.78, 5) is 0. The first-order valence-electron chi connectivity index (χ1n) is 6.20. The highest BCUT2D eigenvalue weighted by Gasteiger charge is 2.07. The standard InChI is InChI=1S/C17H16N2O/c1-2-17(20-15-10-8-14(19)9-11-15)16(12-18)13-6-4-3-5-7-13/h2-12,18H,1,19H2/b17-16-,18-12?. The van der Waals surface area contributed by atoms with E-state index < -0.39 is 0 Å². The Hall–Kier alpha value is -2.81. The van der Waals surface area contributed by atoms with E-state index in [0.717, 1.165) is 5.56 Å². The van der Waals surface area contributed by atoms with E-state index in [9.17, 15) is 0 Å². The van der Waals surface area contributed by atoms with Crippen LogP contribution in [0.4, 0.5) is 5.69 Å². The van der Waals surface area contributed by atoms with Gasteiger partial charge < -0.3 is 15.9 Å². The highest BCUT2D eigenvalue weighted by atomic mass is 16.5. The van der Waals surface area contributed by atoms with Crippen molar-refractivity contribution >= 4 is 17.5 Å². The Balaban J connectivity index is 2.38. The van der Waals surface area contributed by atoms with Crippen molar-refractivity contribution < 1.29 is 4.74 Å². The van der Waals surface area contributed by atoms with E-state index in [2.05, 4.69) is 6.58 Å². The highest BCUT2D eigenvalue weighted by molar-refractivity contribution is 6.09. The fourth-order valence-electron chi connectivity index (χ4n) is 1.78. The first-order chi connectivity index (χ1) is 9.74. The number of rotatable bonds is 5. The van der Waals surface area contributed by atoms with Crippen molar-refractivity contribution in [2.75, 3.05) is 5.73 Å². The van der Waals surface area contributed by atoms with Gasteiger partial charge in [-0.1, -0.05) is 36.9 Å². The van der Waals surface area contributed by atoms with Crippen LogP contribution in [0, 0.1) is 5.41 Å². The van der Waals surface area contributed by atoms with Gasteiger partial charge in [0.25, 0.3) is 0 Å². The molecule has 3 nitrogen and oxygen atoms in total. The zero-order chi connectivity index (χ0) is 14.4. The second-order valence-corrected chi connectivity index (χ2v) is 4.16. The Morgan fingerprint density at radius 3 is 2.25 bits per heavy atom. The minimum atomic E-state index is 0.538. The summed E-state index contributed by atoms with van der Waals surface area (Å²) in [6.07, 6.45) is 2.87. The SMILES string of the molecule is C=C/C(Oc1ccc(N)cc1)=C(\C=N)c1ccccc1. The van der Waals surface area contributed by atoms with Crippen molar-refractivity contribution in [3.05, 3.63) is 78.6 Å². The number of benzene rings is 2. The van der Waals surface area contributed by atoms with Crippen LogP contribution in [0.2, 0.25) is 0 Å². The van der Waals surface area contributed by atoms with Crippen LogP contribution in [0.25, 0.3) is 5.57 Å². The van der Waals surface area contributed by atoms with Gasteiger partial charge in [-0.05, 0) is 35.9 Å². The number of nitrogens with two attached hydrogens (primary N) is 1. The summed E-state index contributed by atoms with van der Waals surface area (Å²) in [5.74, 6) is 1.19. The molecule has 0 aromatic heterocycles. The zero-order valence-corrected chi connectivity index (χ0v) is 11.0. The van der Waals surface area contributed by atoms with Gasteiger partial charge in [-0.2, -0.15) is 0 Å². The molecular formula is C17H16N2O. The maximum atomic E-state index is 7.60. The minimum absolute atomic E-state index is 0.538. The second kappa shape index (κ2) is 6.38. The van der Waals surface area contributed by atoms with Gasteiger partial charge in [-0.25, -0.2) is 0 Å². The lowest BCUT2D eigenvalue weighted by molar-refractivity contribution is 0.448. The molecular weight excluding hydrogens is 248 g/mol. The summed E-state index contributed by atoms with van der Waals surface area (Å²) >= 11 is 0. The van der Waals surface area contributed by atoms with Crippen LogP contribution in [0.15, 0.2) is 73.0 Å². The average molecular weight is 264 g/mol. The molecule has 0 radical (unpaired) electrons. The van der Waals surface area contributed by atoms with Gasteiger partial charge in [0.2, 0.25) is 0 Å². The highest BCUT2D eigenvalue weighted by Crippen LogP contribution is 2.22. The van der Waals surface area contributed by atoms with Crippen LogP contribution in [0.1, 0.15) is 5.56 Å². The van der Waals surface area contributed by atoms with Crippen molar-refractivity contribution in [1.82, 2.24) is 0 Å². The number of nitrogens with one attached hydrogen (secondary N) is 1. The van der Waals surface area contributed by atoms with E-state index in [-0.39, 0.29) is 0 Å². The lowest BCUT2D eigenvalue weighted by Gasteiger charge is -2.11. The summed E-state index contributed by atoms with van der Waals surface area (Å²) in [6, 6.07) is 16.7. The van der Waals surface area contributed by atoms with Crippen LogP contribution in [-0.2, 0) is 0 Å². The second-order valence-electron chi connectivity index (χ2n) is 4.16. The third-order valence-electron chi connectivity index (χ3n) is 2.79. The topological polar surface area (TPSA) is 59.1 Å². The van der Waals surface area contributed by atoms with Crippen LogP contribution < -0.4 is 10.5 Å². The molecule has 0 spiro atoms. The predicted molar refractivity (Wildman–Crippen MR) is 83.8 cm³/mol. The molecule has 2 aromatic carbocycles. The molecule has 0 unspecified atom stereocenters. The Kier molecular flexibility index (Phi) is 4.35. The molecule has 0 bridgehead atoms. The molecule has 2 rings (SSSR count). The van der Waals surface area contributed by atoms with E-state index in [0.29, 0.717) is 22.8 Å².